The predicted molar refractivity (Wildman–Crippen MR) is 126 cm³/mol. The van der Waals surface area contributed by atoms with Gasteiger partial charge >= 0.3 is 11.6 Å². The van der Waals surface area contributed by atoms with E-state index in [1.807, 2.05) is 0 Å². The number of oxime groups is 1. The third kappa shape index (κ3) is 4.10. The van der Waals surface area contributed by atoms with Crippen LogP contribution >= 0.6 is 23.3 Å². The maximum Gasteiger partial charge on any atom is 0.352 e. The lowest BCUT2D eigenvalue weighted by Crippen LogP contribution is -2.71. The maximum absolute atomic E-state index is 12.9. The first-order valence-corrected chi connectivity index (χ1v) is 12.2. The number of thioether (sulfide) groups is 1. The Morgan fingerprint density at radius 3 is 2.76 bits per heavy atom. The van der Waals surface area contributed by atoms with E-state index in [9.17, 15) is 29.5 Å². The molecule has 3 amide bonds. The van der Waals surface area contributed by atoms with Gasteiger partial charge in [-0.15, -0.1) is 16.3 Å². The molecule has 3 aromatic heterocycles. The van der Waals surface area contributed by atoms with Crippen molar-refractivity contribution in [2.24, 2.45) is 10.9 Å². The summed E-state index contributed by atoms with van der Waals surface area (Å²) in [5.74, 6) is -3.48. The van der Waals surface area contributed by atoms with Crippen LogP contribution in [-0.2, 0) is 20.9 Å². The number of aromatic nitrogens is 5. The fourth-order valence-electron chi connectivity index (χ4n) is 4.00. The number of β-lactam (4-membered cyclic amide) rings is 1. The van der Waals surface area contributed by atoms with Crippen LogP contribution in [0.4, 0.5) is 5.13 Å². The zero-order valence-corrected chi connectivity index (χ0v) is 20.1. The Morgan fingerprint density at radius 2 is 2.11 bits per heavy atom. The fraction of sp³-hybridized carbons (Fsp3) is 0.211. The van der Waals surface area contributed by atoms with E-state index >= 15 is 0 Å². The molecule has 0 spiro atoms. The van der Waals surface area contributed by atoms with Gasteiger partial charge in [-0.2, -0.15) is 9.36 Å². The summed E-state index contributed by atoms with van der Waals surface area (Å²) in [4.78, 5) is 54.0. The molecule has 0 unspecified atom stereocenters. The quantitative estimate of drug-likeness (QED) is 0.0700. The first-order valence-electron chi connectivity index (χ1n) is 10.4. The maximum atomic E-state index is 12.9. The number of carboxylic acids is 1. The van der Waals surface area contributed by atoms with E-state index in [0.717, 1.165) is 16.4 Å². The highest BCUT2D eigenvalue weighted by atomic mass is 32.2. The van der Waals surface area contributed by atoms with Crippen molar-refractivity contribution in [3.8, 4) is 0 Å². The van der Waals surface area contributed by atoms with Gasteiger partial charge in [-0.1, -0.05) is 10.3 Å². The highest BCUT2D eigenvalue weighted by Crippen LogP contribution is 2.40. The second kappa shape index (κ2) is 9.13. The number of imidazole rings is 1. The number of anilines is 1. The van der Waals surface area contributed by atoms with Gasteiger partial charge in [0.25, 0.3) is 17.7 Å². The number of amides is 3. The average molecular weight is 546 g/mol. The first-order chi connectivity index (χ1) is 17.7. The van der Waals surface area contributed by atoms with Crippen molar-refractivity contribution in [1.82, 2.24) is 29.2 Å². The van der Waals surface area contributed by atoms with Crippen molar-refractivity contribution in [2.75, 3.05) is 11.5 Å². The zero-order chi connectivity index (χ0) is 26.4. The van der Waals surface area contributed by atoms with Crippen LogP contribution < -0.4 is 21.4 Å². The number of primary amides is 1. The van der Waals surface area contributed by atoms with Crippen molar-refractivity contribution < 1.29 is 34.1 Å². The van der Waals surface area contributed by atoms with Gasteiger partial charge in [0, 0.05) is 28.9 Å². The highest BCUT2D eigenvalue weighted by molar-refractivity contribution is 8.00. The molecule has 0 radical (unpaired) electrons. The van der Waals surface area contributed by atoms with Crippen LogP contribution in [0.25, 0.3) is 5.65 Å². The Balaban J connectivity index is 1.37. The standard InChI is InChI=1S/C19H16N10O6S2/c20-13(30)8-1-2-9-27(3-4-28(9)24-8)5-7-6-36-17-11(16(32)29(17)12(7)18(33)34)22-15(31)10(25-35)14-23-19(21)37-26-14/h1-4,11,17H,5-6H2,(H6-,20,21,22,23,26,30,31,33,34,35)/p+1/t11-,17-/m1/s1. The Morgan fingerprint density at radius 1 is 1.32 bits per heavy atom. The van der Waals surface area contributed by atoms with Crippen LogP contribution in [0.2, 0.25) is 0 Å². The number of fused-ring (bicyclic) bond motifs is 2. The largest absolute Gasteiger partial charge is 0.477 e. The number of carbonyl (C=O) groups excluding carboxylic acids is 3. The second-order valence-corrected chi connectivity index (χ2v) is 9.72. The van der Waals surface area contributed by atoms with E-state index in [4.69, 9.17) is 11.5 Å². The predicted octanol–water partition coefficient (Wildman–Crippen LogP) is -2.23. The third-order valence-electron chi connectivity index (χ3n) is 5.64. The van der Waals surface area contributed by atoms with Crippen molar-refractivity contribution in [3.63, 3.8) is 0 Å². The van der Waals surface area contributed by atoms with E-state index < -0.39 is 40.8 Å². The van der Waals surface area contributed by atoms with Crippen LogP contribution in [0.15, 0.2) is 41.0 Å². The monoisotopic (exact) mass is 545 g/mol. The normalized spacial score (nSPS) is 19.5. The van der Waals surface area contributed by atoms with Crippen LogP contribution in [0, 0.1) is 0 Å². The molecule has 7 N–H and O–H groups in total. The lowest BCUT2D eigenvalue weighted by atomic mass is 10.0. The van der Waals surface area contributed by atoms with Gasteiger partial charge in [0.2, 0.25) is 11.5 Å². The fourth-order valence-corrected chi connectivity index (χ4v) is 5.77. The molecular weight excluding hydrogens is 528 g/mol. The number of nitrogen functional groups attached to an aromatic ring is 1. The van der Waals surface area contributed by atoms with Crippen LogP contribution in [0.5, 0.6) is 0 Å². The van der Waals surface area contributed by atoms with E-state index in [0.29, 0.717) is 11.2 Å². The molecule has 2 atom stereocenters. The van der Waals surface area contributed by atoms with Crippen LogP contribution in [0.3, 0.4) is 0 Å². The number of carboxylic acid groups (broad SMARTS) is 1. The number of hydrogen-bond donors (Lipinski definition) is 5. The molecule has 1 fully saturated rings. The number of nitrogens with zero attached hydrogens (tertiary/aromatic N) is 7. The summed E-state index contributed by atoms with van der Waals surface area (Å²) < 4.78 is 6.97. The van der Waals surface area contributed by atoms with Gasteiger partial charge in [0.05, 0.1) is 0 Å². The van der Waals surface area contributed by atoms with Crippen molar-refractivity contribution >= 4 is 63.5 Å². The molecule has 5 rings (SSSR count). The summed E-state index contributed by atoms with van der Waals surface area (Å²) in [5.41, 5.74) is 11.2. The van der Waals surface area contributed by atoms with E-state index in [1.165, 1.54) is 22.3 Å². The van der Waals surface area contributed by atoms with Crippen LogP contribution in [-0.4, -0.2) is 80.8 Å². The number of rotatable bonds is 7. The third-order valence-corrected chi connectivity index (χ3v) is 7.52. The molecule has 190 valence electrons. The summed E-state index contributed by atoms with van der Waals surface area (Å²) >= 11 is 2.07. The summed E-state index contributed by atoms with van der Waals surface area (Å²) in [5, 5.41) is 28.0. The second-order valence-electron chi connectivity index (χ2n) is 7.83. The van der Waals surface area contributed by atoms with Crippen molar-refractivity contribution in [2.45, 2.75) is 18.0 Å². The number of carbonyl (C=O) groups is 4. The Kier molecular flexibility index (Phi) is 5.96. The van der Waals surface area contributed by atoms with Gasteiger partial charge in [0.1, 0.15) is 29.9 Å². The minimum Gasteiger partial charge on any atom is -0.477 e. The Hall–Kier alpha value is -4.58. The lowest BCUT2D eigenvalue weighted by molar-refractivity contribution is -0.662. The van der Waals surface area contributed by atoms with Gasteiger partial charge in [0.15, 0.2) is 17.0 Å². The molecule has 1 saturated heterocycles. The molecule has 37 heavy (non-hydrogen) atoms. The molecule has 18 heteroatoms. The molecule has 5 heterocycles. The minimum atomic E-state index is -1.29. The minimum absolute atomic E-state index is 0.0550. The van der Waals surface area contributed by atoms with Crippen LogP contribution in [0.1, 0.15) is 16.3 Å². The lowest BCUT2D eigenvalue weighted by Gasteiger charge is -2.49. The van der Waals surface area contributed by atoms with Gasteiger partial charge < -0.3 is 27.1 Å². The van der Waals surface area contributed by atoms with Gasteiger partial charge in [-0.25, -0.2) is 9.36 Å². The first kappa shape index (κ1) is 24.1. The van der Waals surface area contributed by atoms with E-state index in [-0.39, 0.29) is 34.6 Å². The average Bonchev–Trinajstić information content (AvgIpc) is 3.48. The van der Waals surface area contributed by atoms with Gasteiger partial charge in [-0.05, 0) is 6.07 Å². The topological polar surface area (TPSA) is 235 Å². The highest BCUT2D eigenvalue weighted by Gasteiger charge is 2.54. The number of nitrogens with two attached hydrogens (primary N) is 2. The Labute approximate surface area is 214 Å². The summed E-state index contributed by atoms with van der Waals surface area (Å²) in [6.45, 7) is 0.133. The molecular formula is C19H17N10O6S2+. The SMILES string of the molecule is NC(=O)c1ccc2n(cc[n+]2CC2=C(C(=O)O)N3C(=O)[C@@H](NC(=O)/C(=N\O)c4nsc(N)n4)[C@H]3SC2)n1. The molecule has 0 aromatic carbocycles. The number of hydrogen-bond acceptors (Lipinski definition) is 12. The van der Waals surface area contributed by atoms with E-state index in [2.05, 4.69) is 24.9 Å². The molecule has 0 saturated carbocycles. The molecule has 0 bridgehead atoms. The molecule has 3 aromatic rings. The van der Waals surface area contributed by atoms with Crippen molar-refractivity contribution in [1.29, 1.82) is 0 Å². The number of nitrogens with one attached hydrogen (secondary N) is 1. The summed E-state index contributed by atoms with van der Waals surface area (Å²) in [7, 11) is 0. The summed E-state index contributed by atoms with van der Waals surface area (Å²) in [6, 6.07) is 2.02. The number of aliphatic carboxylic acids is 1. The molecule has 2 aliphatic heterocycles. The Bertz CT molecular complexity index is 1540. The molecule has 16 nitrogen and oxygen atoms in total. The van der Waals surface area contributed by atoms with E-state index in [1.54, 1.807) is 23.0 Å². The summed E-state index contributed by atoms with van der Waals surface area (Å²) in [6.07, 6.45) is 3.25. The smallest absolute Gasteiger partial charge is 0.352 e. The molecule has 2 aliphatic rings. The van der Waals surface area contributed by atoms with Crippen molar-refractivity contribution in [3.05, 3.63) is 47.3 Å². The zero-order valence-electron chi connectivity index (χ0n) is 18.5. The van der Waals surface area contributed by atoms with Gasteiger partial charge in [-0.3, -0.25) is 19.3 Å². The molecule has 0 aliphatic carbocycles.